The standard InChI is InChI=1S/C19H23N3O5/c1-11(2)9-22-16(20)15(17(24)21(4)19(22)26)14(23)10-27-18(25)13-7-5-6-12(3)8-13/h5-8,11H,9-10,20H2,1-4H3. The summed E-state index contributed by atoms with van der Waals surface area (Å²) in [6.45, 7) is 5.18. The van der Waals surface area contributed by atoms with E-state index in [9.17, 15) is 19.2 Å². The second kappa shape index (κ2) is 8.03. The highest BCUT2D eigenvalue weighted by atomic mass is 16.5. The highest BCUT2D eigenvalue weighted by Gasteiger charge is 2.23. The van der Waals surface area contributed by atoms with E-state index in [1.807, 2.05) is 26.8 Å². The zero-order chi connectivity index (χ0) is 20.3. The third kappa shape index (κ3) is 4.33. The number of ether oxygens (including phenoxy) is 1. The number of aryl methyl sites for hydroxylation is 1. The number of rotatable bonds is 6. The fourth-order valence-corrected chi connectivity index (χ4v) is 2.65. The molecule has 0 saturated carbocycles. The van der Waals surface area contributed by atoms with E-state index in [0.29, 0.717) is 5.56 Å². The number of hydrogen-bond acceptors (Lipinski definition) is 6. The van der Waals surface area contributed by atoms with Crippen LogP contribution in [0.15, 0.2) is 33.9 Å². The molecule has 0 unspecified atom stereocenters. The zero-order valence-electron chi connectivity index (χ0n) is 15.8. The zero-order valence-corrected chi connectivity index (χ0v) is 15.8. The minimum absolute atomic E-state index is 0.0737. The van der Waals surface area contributed by atoms with Gasteiger partial charge in [-0.3, -0.25) is 18.7 Å². The topological polar surface area (TPSA) is 113 Å². The molecular weight excluding hydrogens is 350 g/mol. The number of carbonyl (C=O) groups excluding carboxylic acids is 2. The SMILES string of the molecule is Cc1cccc(C(=O)OCC(=O)c2c(N)n(CC(C)C)c(=O)n(C)c2=O)c1. The summed E-state index contributed by atoms with van der Waals surface area (Å²) >= 11 is 0. The van der Waals surface area contributed by atoms with Crippen molar-refractivity contribution in [3.05, 3.63) is 61.8 Å². The number of nitrogen functional groups attached to an aromatic ring is 1. The van der Waals surface area contributed by atoms with E-state index in [-0.39, 0.29) is 23.8 Å². The summed E-state index contributed by atoms with van der Waals surface area (Å²) in [6.07, 6.45) is 0. The Balaban J connectivity index is 2.31. The van der Waals surface area contributed by atoms with Gasteiger partial charge in [0.1, 0.15) is 11.4 Å². The minimum atomic E-state index is -0.811. The third-order valence-corrected chi connectivity index (χ3v) is 4.00. The number of benzene rings is 1. The van der Waals surface area contributed by atoms with Crippen molar-refractivity contribution in [2.75, 3.05) is 12.3 Å². The molecule has 2 N–H and O–H groups in total. The van der Waals surface area contributed by atoms with E-state index < -0.39 is 29.6 Å². The smallest absolute Gasteiger partial charge is 0.338 e. The molecule has 0 spiro atoms. The summed E-state index contributed by atoms with van der Waals surface area (Å²) in [7, 11) is 1.27. The van der Waals surface area contributed by atoms with Gasteiger partial charge in [-0.15, -0.1) is 0 Å². The fourth-order valence-electron chi connectivity index (χ4n) is 2.65. The molecule has 0 fully saturated rings. The first-order valence-corrected chi connectivity index (χ1v) is 8.49. The lowest BCUT2D eigenvalue weighted by atomic mass is 10.1. The number of nitrogens with two attached hydrogens (primary N) is 1. The first-order chi connectivity index (χ1) is 12.6. The molecule has 144 valence electrons. The molecule has 1 aromatic heterocycles. The van der Waals surface area contributed by atoms with Crippen molar-refractivity contribution in [1.82, 2.24) is 9.13 Å². The van der Waals surface area contributed by atoms with Gasteiger partial charge in [0.2, 0.25) is 5.78 Å². The normalized spacial score (nSPS) is 10.9. The van der Waals surface area contributed by atoms with Crippen LogP contribution in [-0.4, -0.2) is 27.5 Å². The van der Waals surface area contributed by atoms with Crippen LogP contribution >= 0.6 is 0 Å². The quantitative estimate of drug-likeness (QED) is 0.600. The second-order valence-corrected chi connectivity index (χ2v) is 6.78. The summed E-state index contributed by atoms with van der Waals surface area (Å²) in [5.41, 5.74) is 5.34. The highest BCUT2D eigenvalue weighted by Crippen LogP contribution is 2.10. The van der Waals surface area contributed by atoms with E-state index in [1.54, 1.807) is 18.2 Å². The van der Waals surface area contributed by atoms with Crippen LogP contribution in [0.2, 0.25) is 0 Å². The first-order valence-electron chi connectivity index (χ1n) is 8.49. The Morgan fingerprint density at radius 3 is 2.48 bits per heavy atom. The van der Waals surface area contributed by atoms with Crippen molar-refractivity contribution in [3.63, 3.8) is 0 Å². The minimum Gasteiger partial charge on any atom is -0.454 e. The second-order valence-electron chi connectivity index (χ2n) is 6.78. The van der Waals surface area contributed by atoms with Gasteiger partial charge in [0.25, 0.3) is 5.56 Å². The predicted octanol–water partition coefficient (Wildman–Crippen LogP) is 1.13. The molecule has 0 radical (unpaired) electrons. The van der Waals surface area contributed by atoms with E-state index in [1.165, 1.54) is 11.6 Å². The number of nitrogens with zero attached hydrogens (tertiary/aromatic N) is 2. The van der Waals surface area contributed by atoms with Crippen LogP contribution in [0.25, 0.3) is 0 Å². The van der Waals surface area contributed by atoms with Crippen molar-refractivity contribution in [2.45, 2.75) is 27.3 Å². The molecule has 27 heavy (non-hydrogen) atoms. The Morgan fingerprint density at radius 1 is 1.22 bits per heavy atom. The van der Waals surface area contributed by atoms with Crippen molar-refractivity contribution < 1.29 is 14.3 Å². The summed E-state index contributed by atoms with van der Waals surface area (Å²) in [6, 6.07) is 6.71. The molecule has 1 aromatic carbocycles. The summed E-state index contributed by atoms with van der Waals surface area (Å²) < 4.78 is 7.03. The summed E-state index contributed by atoms with van der Waals surface area (Å²) in [5.74, 6) is -1.58. The van der Waals surface area contributed by atoms with Crippen LogP contribution in [0.4, 0.5) is 5.82 Å². The van der Waals surface area contributed by atoms with Gasteiger partial charge in [0.05, 0.1) is 5.56 Å². The van der Waals surface area contributed by atoms with Crippen LogP contribution < -0.4 is 17.0 Å². The monoisotopic (exact) mass is 373 g/mol. The number of Topliss-reactive ketones (excluding diaryl/α,β-unsaturated/α-hetero) is 1. The molecule has 8 heteroatoms. The van der Waals surface area contributed by atoms with Gasteiger partial charge in [0, 0.05) is 13.6 Å². The molecular formula is C19H23N3O5. The van der Waals surface area contributed by atoms with Crippen LogP contribution in [0.5, 0.6) is 0 Å². The Labute approximate surface area is 156 Å². The Kier molecular flexibility index (Phi) is 5.99. The fraction of sp³-hybridized carbons (Fsp3) is 0.368. The Bertz CT molecular complexity index is 1000. The summed E-state index contributed by atoms with van der Waals surface area (Å²) in [5, 5.41) is 0. The Hall–Kier alpha value is -3.16. The van der Waals surface area contributed by atoms with Crippen LogP contribution in [0.3, 0.4) is 0 Å². The van der Waals surface area contributed by atoms with Crippen molar-refractivity contribution in [1.29, 1.82) is 0 Å². The number of aromatic nitrogens is 2. The van der Waals surface area contributed by atoms with Gasteiger partial charge in [0.15, 0.2) is 6.61 Å². The van der Waals surface area contributed by atoms with Crippen molar-refractivity contribution >= 4 is 17.6 Å². The molecule has 8 nitrogen and oxygen atoms in total. The van der Waals surface area contributed by atoms with Crippen LogP contribution in [0, 0.1) is 12.8 Å². The van der Waals surface area contributed by atoms with Gasteiger partial charge in [-0.25, -0.2) is 9.59 Å². The molecule has 1 heterocycles. The maximum absolute atomic E-state index is 12.5. The molecule has 0 saturated heterocycles. The molecule has 0 aliphatic rings. The average Bonchev–Trinajstić information content (AvgIpc) is 2.61. The lowest BCUT2D eigenvalue weighted by Gasteiger charge is -2.16. The van der Waals surface area contributed by atoms with E-state index in [4.69, 9.17) is 10.5 Å². The van der Waals surface area contributed by atoms with Crippen molar-refractivity contribution in [2.24, 2.45) is 13.0 Å². The number of ketones is 1. The molecule has 0 bridgehead atoms. The highest BCUT2D eigenvalue weighted by molar-refractivity contribution is 6.02. The lowest BCUT2D eigenvalue weighted by Crippen LogP contribution is -2.43. The van der Waals surface area contributed by atoms with Gasteiger partial charge < -0.3 is 10.5 Å². The maximum atomic E-state index is 12.5. The molecule has 0 aliphatic heterocycles. The first kappa shape index (κ1) is 20.2. The lowest BCUT2D eigenvalue weighted by molar-refractivity contribution is 0.0474. The van der Waals surface area contributed by atoms with Gasteiger partial charge in [-0.2, -0.15) is 0 Å². The van der Waals surface area contributed by atoms with Gasteiger partial charge in [-0.1, -0.05) is 31.5 Å². The van der Waals surface area contributed by atoms with Gasteiger partial charge in [-0.05, 0) is 25.0 Å². The molecule has 2 rings (SSSR count). The number of anilines is 1. The number of hydrogen-bond donors (Lipinski definition) is 1. The Morgan fingerprint density at radius 2 is 1.89 bits per heavy atom. The third-order valence-electron chi connectivity index (χ3n) is 4.00. The summed E-state index contributed by atoms with van der Waals surface area (Å²) in [4.78, 5) is 49.2. The molecule has 2 aromatic rings. The van der Waals surface area contributed by atoms with Gasteiger partial charge >= 0.3 is 11.7 Å². The average molecular weight is 373 g/mol. The largest absolute Gasteiger partial charge is 0.454 e. The molecule has 0 aliphatic carbocycles. The van der Waals surface area contributed by atoms with E-state index in [2.05, 4.69) is 0 Å². The van der Waals surface area contributed by atoms with E-state index >= 15 is 0 Å². The number of esters is 1. The molecule has 0 amide bonds. The number of carbonyl (C=O) groups is 2. The van der Waals surface area contributed by atoms with Crippen LogP contribution in [0.1, 0.15) is 40.1 Å². The van der Waals surface area contributed by atoms with E-state index in [0.717, 1.165) is 10.1 Å². The predicted molar refractivity (Wildman–Crippen MR) is 101 cm³/mol. The van der Waals surface area contributed by atoms with Crippen LogP contribution in [-0.2, 0) is 18.3 Å². The molecule has 0 atom stereocenters. The van der Waals surface area contributed by atoms with Crippen molar-refractivity contribution in [3.8, 4) is 0 Å². The maximum Gasteiger partial charge on any atom is 0.338 e.